The first-order valence-corrected chi connectivity index (χ1v) is 17.3. The summed E-state index contributed by atoms with van der Waals surface area (Å²) >= 11 is 0. The number of nitrogens with zero attached hydrogens (tertiary/aromatic N) is 1. The largest absolute Gasteiger partial charge is 0.462 e. The van der Waals surface area contributed by atoms with Crippen molar-refractivity contribution >= 4 is 17.9 Å². The lowest BCUT2D eigenvalue weighted by molar-refractivity contribution is -0.355. The monoisotopic (exact) mass is 703 g/mol. The number of aliphatic hydroxyl groups is 3. The highest BCUT2D eigenvalue weighted by atomic mass is 16.6. The van der Waals surface area contributed by atoms with Crippen molar-refractivity contribution in [1.82, 2.24) is 4.90 Å². The van der Waals surface area contributed by atoms with E-state index in [4.69, 9.17) is 33.2 Å². The minimum atomic E-state index is -2.15. The van der Waals surface area contributed by atoms with Crippen molar-refractivity contribution in [3.8, 4) is 0 Å². The van der Waals surface area contributed by atoms with Crippen LogP contribution in [-0.2, 0) is 42.7 Å². The number of hydrogen-bond donors (Lipinski definition) is 3. The van der Waals surface area contributed by atoms with Gasteiger partial charge in [0.05, 0.1) is 35.9 Å². The number of rotatable bonds is 10. The van der Waals surface area contributed by atoms with Gasteiger partial charge in [0.1, 0.15) is 30.0 Å². The molecule has 3 N–H and O–H groups in total. The lowest BCUT2D eigenvalue weighted by Crippen LogP contribution is -2.86. The molecule has 1 heterocycles. The van der Waals surface area contributed by atoms with Crippen molar-refractivity contribution in [2.75, 3.05) is 48.1 Å². The van der Waals surface area contributed by atoms with E-state index in [1.807, 2.05) is 6.92 Å². The van der Waals surface area contributed by atoms with Crippen LogP contribution in [0.1, 0.15) is 44.0 Å². The zero-order chi connectivity index (χ0) is 36.2. The molecule has 5 aliphatic carbocycles. The third kappa shape index (κ3) is 4.04. The number of esters is 3. The molecule has 1 spiro atoms. The molecule has 1 saturated heterocycles. The van der Waals surface area contributed by atoms with Gasteiger partial charge in [-0.3, -0.25) is 14.5 Å². The van der Waals surface area contributed by atoms with Gasteiger partial charge >= 0.3 is 17.9 Å². The molecule has 15 atom stereocenters. The molecule has 6 fully saturated rings. The Morgan fingerprint density at radius 2 is 1.60 bits per heavy atom. The molecule has 7 bridgehead atoms. The fraction of sp³-hybridized carbons (Fsp3) is 0.750. The minimum Gasteiger partial charge on any atom is -0.462 e. The Bertz CT molecular complexity index is 1530. The third-order valence-corrected chi connectivity index (χ3v) is 13.5. The van der Waals surface area contributed by atoms with Crippen LogP contribution < -0.4 is 0 Å². The van der Waals surface area contributed by atoms with Gasteiger partial charge in [0.2, 0.25) is 0 Å². The molecule has 276 valence electrons. The lowest BCUT2D eigenvalue weighted by Gasteiger charge is -2.72. The standard InChI is InChI=1S/C36H49NO13/c1-8-37-16-32(17-44-4)21(48-18(2)38)14-22(45-5)35-25(32)24(46-6)23(27(35)37)36(50-19(3)39)26-29(49-31(41)20-12-10-9-11-13-20)33(42,15-34(26,35)43)30(47-7)28(36)40/h9-13,21-30,40,42-43H,8,14-17H2,1-7H3/t21-,22+,23+,24+,25-,26-,27+,28+,29-,30+,32+,33+,34-,35-,36+/m1/s1. The quantitative estimate of drug-likeness (QED) is 0.224. The van der Waals surface area contributed by atoms with Crippen LogP contribution in [0.25, 0.3) is 0 Å². The number of likely N-dealkylation sites (tertiary alicyclic amines) is 1. The Hall–Kier alpha value is -2.69. The van der Waals surface area contributed by atoms with E-state index in [-0.39, 0.29) is 18.6 Å². The summed E-state index contributed by atoms with van der Waals surface area (Å²) in [6.07, 6.45) is -7.34. The number of fused-ring (bicyclic) bond motifs is 2. The first kappa shape index (κ1) is 35.7. The van der Waals surface area contributed by atoms with Crippen LogP contribution >= 0.6 is 0 Å². The van der Waals surface area contributed by atoms with Crippen molar-refractivity contribution in [1.29, 1.82) is 0 Å². The number of carbonyl (C=O) groups excluding carboxylic acids is 3. The van der Waals surface area contributed by atoms with Crippen LogP contribution in [0.3, 0.4) is 0 Å². The predicted molar refractivity (Wildman–Crippen MR) is 171 cm³/mol. The number of carbonyl (C=O) groups is 3. The summed E-state index contributed by atoms with van der Waals surface area (Å²) in [5, 5.41) is 39.4. The minimum absolute atomic E-state index is 0.102. The highest BCUT2D eigenvalue weighted by Crippen LogP contribution is 2.82. The van der Waals surface area contributed by atoms with Crippen LogP contribution in [0.5, 0.6) is 0 Å². The molecule has 6 aliphatic rings. The molecule has 0 amide bonds. The van der Waals surface area contributed by atoms with Crippen molar-refractivity contribution in [3.63, 3.8) is 0 Å². The van der Waals surface area contributed by atoms with Gasteiger partial charge in [0.15, 0.2) is 5.60 Å². The van der Waals surface area contributed by atoms with Gasteiger partial charge in [0, 0.05) is 90.4 Å². The summed E-state index contributed by atoms with van der Waals surface area (Å²) in [6.45, 7) is 5.42. The molecule has 0 radical (unpaired) electrons. The van der Waals surface area contributed by atoms with Crippen molar-refractivity contribution in [3.05, 3.63) is 35.9 Å². The third-order valence-electron chi connectivity index (χ3n) is 13.5. The Labute approximate surface area is 291 Å². The van der Waals surface area contributed by atoms with Crippen molar-refractivity contribution in [2.24, 2.45) is 28.6 Å². The molecule has 1 aromatic rings. The van der Waals surface area contributed by atoms with Crippen LogP contribution in [-0.4, -0.2) is 146 Å². The van der Waals surface area contributed by atoms with Gasteiger partial charge in [0.25, 0.3) is 0 Å². The average Bonchev–Trinajstić information content (AvgIpc) is 3.42. The fourth-order valence-corrected chi connectivity index (χ4v) is 12.7. The number of methoxy groups -OCH3 is 4. The van der Waals surface area contributed by atoms with Crippen LogP contribution in [0.2, 0.25) is 0 Å². The molecular formula is C36H49NO13. The maximum absolute atomic E-state index is 14.0. The molecule has 0 aromatic heterocycles. The van der Waals surface area contributed by atoms with Gasteiger partial charge in [-0.25, -0.2) is 4.79 Å². The number of hydrogen-bond acceptors (Lipinski definition) is 14. The SMILES string of the molecule is CCN1C[C@@]2(COC)[C@H]3[C@@H](OC)[C@H]4[C@H]1[C@]3([C@@H](OC)C[C@H]2OC(C)=O)[C@@]1(O)C[C@]2(O)[C@H](OC(=O)c3ccccc3)[C@H]1[C@]4(OC(C)=O)[C@@H](O)[C@@H]2OC. The van der Waals surface area contributed by atoms with Crippen LogP contribution in [0, 0.1) is 28.6 Å². The van der Waals surface area contributed by atoms with E-state index in [0.717, 1.165) is 0 Å². The Morgan fingerprint density at radius 3 is 2.16 bits per heavy atom. The van der Waals surface area contributed by atoms with E-state index < -0.39 is 112 Å². The maximum atomic E-state index is 14.0. The number of ether oxygens (including phenoxy) is 7. The van der Waals surface area contributed by atoms with Gasteiger partial charge in [-0.15, -0.1) is 0 Å². The molecule has 5 saturated carbocycles. The van der Waals surface area contributed by atoms with E-state index >= 15 is 0 Å². The van der Waals surface area contributed by atoms with Gasteiger partial charge in [-0.1, -0.05) is 25.1 Å². The van der Waals surface area contributed by atoms with E-state index in [2.05, 4.69) is 4.90 Å². The zero-order valence-electron chi connectivity index (χ0n) is 29.6. The first-order chi connectivity index (χ1) is 23.7. The highest BCUT2D eigenvalue weighted by molar-refractivity contribution is 5.89. The highest BCUT2D eigenvalue weighted by Gasteiger charge is 2.96. The molecule has 14 heteroatoms. The van der Waals surface area contributed by atoms with Gasteiger partial charge in [-0.05, 0) is 18.7 Å². The first-order valence-electron chi connectivity index (χ1n) is 17.3. The number of benzene rings is 1. The predicted octanol–water partition coefficient (Wildman–Crippen LogP) is 0.334. The summed E-state index contributed by atoms with van der Waals surface area (Å²) in [5.74, 6) is -4.97. The van der Waals surface area contributed by atoms with Crippen LogP contribution in [0.15, 0.2) is 30.3 Å². The maximum Gasteiger partial charge on any atom is 0.338 e. The second-order valence-electron chi connectivity index (χ2n) is 15.2. The van der Waals surface area contributed by atoms with Crippen LogP contribution in [0.4, 0.5) is 0 Å². The summed E-state index contributed by atoms with van der Waals surface area (Å²) in [6, 6.07) is 7.58. The van der Waals surface area contributed by atoms with Crippen molar-refractivity contribution in [2.45, 2.75) is 93.1 Å². The summed E-state index contributed by atoms with van der Waals surface area (Å²) in [5.41, 5.74) is -8.33. The molecule has 14 nitrogen and oxygen atoms in total. The molecule has 0 unspecified atom stereocenters. The summed E-state index contributed by atoms with van der Waals surface area (Å²) in [4.78, 5) is 42.1. The van der Waals surface area contributed by atoms with E-state index in [1.54, 1.807) is 37.4 Å². The second kappa shape index (κ2) is 11.9. The lowest BCUT2D eigenvalue weighted by atomic mass is 9.40. The normalized spacial score (nSPS) is 48.2. The average molecular weight is 704 g/mol. The van der Waals surface area contributed by atoms with Crippen molar-refractivity contribution < 1.29 is 62.9 Å². The van der Waals surface area contributed by atoms with E-state index in [1.165, 1.54) is 35.2 Å². The van der Waals surface area contributed by atoms with Gasteiger partial charge < -0.3 is 48.5 Å². The Morgan fingerprint density at radius 1 is 0.900 bits per heavy atom. The van der Waals surface area contributed by atoms with E-state index in [0.29, 0.717) is 13.1 Å². The Kier molecular flexibility index (Phi) is 8.51. The van der Waals surface area contributed by atoms with E-state index in [9.17, 15) is 29.7 Å². The summed E-state index contributed by atoms with van der Waals surface area (Å²) in [7, 11) is 5.93. The van der Waals surface area contributed by atoms with Gasteiger partial charge in [-0.2, -0.15) is 0 Å². The zero-order valence-corrected chi connectivity index (χ0v) is 29.6. The second-order valence-corrected chi connectivity index (χ2v) is 15.2. The molecule has 50 heavy (non-hydrogen) atoms. The number of piperidine rings is 1. The topological polar surface area (TPSA) is 180 Å². The molecule has 7 rings (SSSR count). The molecule has 1 aromatic carbocycles. The smallest absolute Gasteiger partial charge is 0.338 e. The molecular weight excluding hydrogens is 654 g/mol. The fourth-order valence-electron chi connectivity index (χ4n) is 12.7. The summed E-state index contributed by atoms with van der Waals surface area (Å²) < 4.78 is 43.4. The number of aliphatic hydroxyl groups excluding tert-OH is 1. The molecule has 1 aliphatic heterocycles. The Balaban J connectivity index is 1.57.